The van der Waals surface area contributed by atoms with Gasteiger partial charge < -0.3 is 10.1 Å². The fourth-order valence-corrected chi connectivity index (χ4v) is 2.63. The Morgan fingerprint density at radius 1 is 1.24 bits per heavy atom. The summed E-state index contributed by atoms with van der Waals surface area (Å²) in [6.07, 6.45) is 0. The first-order valence-electron chi connectivity index (χ1n) is 6.73. The minimum Gasteiger partial charge on any atom is -0.465 e. The van der Waals surface area contributed by atoms with E-state index in [0.29, 0.717) is 5.56 Å². The first-order chi connectivity index (χ1) is 10.0. The van der Waals surface area contributed by atoms with Crippen molar-refractivity contribution >= 4 is 27.6 Å². The molecular weight excluding hydrogens is 330 g/mol. The number of hydrogen-bond donors (Lipinski definition) is 1. The van der Waals surface area contributed by atoms with E-state index < -0.39 is 0 Å². The van der Waals surface area contributed by atoms with Crippen molar-refractivity contribution in [1.82, 2.24) is 0 Å². The number of carbonyl (C=O) groups is 1. The Morgan fingerprint density at radius 2 is 1.95 bits per heavy atom. The monoisotopic (exact) mass is 347 g/mol. The maximum absolute atomic E-state index is 11.7. The van der Waals surface area contributed by atoms with Gasteiger partial charge in [0.1, 0.15) is 0 Å². The number of nitrogens with one attached hydrogen (secondary N) is 1. The zero-order chi connectivity index (χ0) is 15.4. The summed E-state index contributed by atoms with van der Waals surface area (Å²) < 4.78 is 5.85. The van der Waals surface area contributed by atoms with E-state index in [4.69, 9.17) is 4.74 Å². The van der Waals surface area contributed by atoms with Gasteiger partial charge in [0.15, 0.2) is 0 Å². The third-order valence-corrected chi connectivity index (χ3v) is 3.95. The molecule has 0 bridgehead atoms. The normalized spacial score (nSPS) is 11.8. The third-order valence-electron chi connectivity index (χ3n) is 3.46. The number of hydrogen-bond acceptors (Lipinski definition) is 3. The van der Waals surface area contributed by atoms with E-state index in [1.165, 1.54) is 12.7 Å². The van der Waals surface area contributed by atoms with Crippen molar-refractivity contribution < 1.29 is 9.53 Å². The highest BCUT2D eigenvalue weighted by molar-refractivity contribution is 9.10. The van der Waals surface area contributed by atoms with Crippen molar-refractivity contribution in [3.63, 3.8) is 0 Å². The van der Waals surface area contributed by atoms with Crippen LogP contribution in [-0.4, -0.2) is 13.1 Å². The van der Waals surface area contributed by atoms with Crippen LogP contribution in [0.15, 0.2) is 46.9 Å². The predicted molar refractivity (Wildman–Crippen MR) is 88.7 cm³/mol. The van der Waals surface area contributed by atoms with Crippen molar-refractivity contribution in [1.29, 1.82) is 0 Å². The standard InChI is InChI=1S/C17H18BrNO2/c1-11-15(17(20)21-3)8-5-9-16(11)19-12(2)13-6-4-7-14(18)10-13/h4-10,12,19H,1-3H3. The highest BCUT2D eigenvalue weighted by Crippen LogP contribution is 2.26. The van der Waals surface area contributed by atoms with E-state index in [1.807, 2.05) is 31.2 Å². The predicted octanol–water partition coefficient (Wildman–Crippen LogP) is 4.72. The first kappa shape index (κ1) is 15.6. The summed E-state index contributed by atoms with van der Waals surface area (Å²) >= 11 is 3.48. The molecule has 21 heavy (non-hydrogen) atoms. The van der Waals surface area contributed by atoms with Crippen LogP contribution in [0.5, 0.6) is 0 Å². The lowest BCUT2D eigenvalue weighted by Gasteiger charge is -2.19. The second kappa shape index (κ2) is 6.76. The molecule has 0 aliphatic rings. The van der Waals surface area contributed by atoms with Gasteiger partial charge in [-0.05, 0) is 49.2 Å². The molecule has 0 aromatic heterocycles. The van der Waals surface area contributed by atoms with Gasteiger partial charge in [0, 0.05) is 16.2 Å². The molecule has 0 amide bonds. The van der Waals surface area contributed by atoms with Gasteiger partial charge in [0.05, 0.1) is 12.7 Å². The lowest BCUT2D eigenvalue weighted by molar-refractivity contribution is 0.0600. The van der Waals surface area contributed by atoms with Gasteiger partial charge in [0.25, 0.3) is 0 Å². The van der Waals surface area contributed by atoms with Crippen molar-refractivity contribution in [3.05, 3.63) is 63.6 Å². The molecule has 1 atom stereocenters. The molecule has 3 nitrogen and oxygen atoms in total. The van der Waals surface area contributed by atoms with Crippen LogP contribution in [0.2, 0.25) is 0 Å². The number of ether oxygens (including phenoxy) is 1. The average Bonchev–Trinajstić information content (AvgIpc) is 2.48. The van der Waals surface area contributed by atoms with E-state index in [9.17, 15) is 4.79 Å². The summed E-state index contributed by atoms with van der Waals surface area (Å²) in [6.45, 7) is 4.01. The summed E-state index contributed by atoms with van der Waals surface area (Å²) in [4.78, 5) is 11.7. The minimum atomic E-state index is -0.314. The number of benzene rings is 2. The molecule has 0 radical (unpaired) electrons. The second-order valence-electron chi connectivity index (χ2n) is 4.89. The third kappa shape index (κ3) is 3.64. The van der Waals surface area contributed by atoms with E-state index in [2.05, 4.69) is 40.3 Å². The number of anilines is 1. The van der Waals surface area contributed by atoms with Gasteiger partial charge in [-0.25, -0.2) is 4.79 Å². The first-order valence-corrected chi connectivity index (χ1v) is 7.52. The summed E-state index contributed by atoms with van der Waals surface area (Å²) in [7, 11) is 1.39. The highest BCUT2D eigenvalue weighted by Gasteiger charge is 2.13. The molecule has 2 rings (SSSR count). The lowest BCUT2D eigenvalue weighted by atomic mass is 10.0. The van der Waals surface area contributed by atoms with E-state index in [1.54, 1.807) is 6.07 Å². The molecule has 0 aliphatic carbocycles. The topological polar surface area (TPSA) is 38.3 Å². The molecule has 0 fully saturated rings. The molecule has 1 unspecified atom stereocenters. The molecule has 1 N–H and O–H groups in total. The molecule has 2 aromatic rings. The maximum atomic E-state index is 11.7. The zero-order valence-electron chi connectivity index (χ0n) is 12.3. The summed E-state index contributed by atoms with van der Waals surface area (Å²) in [6, 6.07) is 13.9. The lowest BCUT2D eigenvalue weighted by Crippen LogP contribution is -2.10. The van der Waals surface area contributed by atoms with Crippen molar-refractivity contribution in [2.24, 2.45) is 0 Å². The largest absolute Gasteiger partial charge is 0.465 e. The van der Waals surface area contributed by atoms with Gasteiger partial charge in [0.2, 0.25) is 0 Å². The molecular formula is C17H18BrNO2. The van der Waals surface area contributed by atoms with E-state index in [-0.39, 0.29) is 12.0 Å². The fourth-order valence-electron chi connectivity index (χ4n) is 2.22. The Bertz CT molecular complexity index is 655. The van der Waals surface area contributed by atoms with Crippen LogP contribution in [0.25, 0.3) is 0 Å². The van der Waals surface area contributed by atoms with Crippen LogP contribution in [0.4, 0.5) is 5.69 Å². The molecule has 110 valence electrons. The maximum Gasteiger partial charge on any atom is 0.338 e. The van der Waals surface area contributed by atoms with Gasteiger partial charge in [-0.1, -0.05) is 34.1 Å². The number of halogens is 1. The number of rotatable bonds is 4. The molecule has 2 aromatic carbocycles. The number of methoxy groups -OCH3 is 1. The van der Waals surface area contributed by atoms with Gasteiger partial charge in [-0.2, -0.15) is 0 Å². The average molecular weight is 348 g/mol. The summed E-state index contributed by atoms with van der Waals surface area (Å²) in [5.74, 6) is -0.314. The van der Waals surface area contributed by atoms with Gasteiger partial charge in [-0.15, -0.1) is 0 Å². The Labute approximate surface area is 133 Å². The Morgan fingerprint density at radius 3 is 2.62 bits per heavy atom. The molecule has 0 saturated carbocycles. The zero-order valence-corrected chi connectivity index (χ0v) is 13.9. The van der Waals surface area contributed by atoms with Crippen LogP contribution in [-0.2, 0) is 4.74 Å². The van der Waals surface area contributed by atoms with Crippen molar-refractivity contribution in [2.45, 2.75) is 19.9 Å². The molecule has 0 spiro atoms. The van der Waals surface area contributed by atoms with Gasteiger partial charge in [-0.3, -0.25) is 0 Å². The number of carbonyl (C=O) groups excluding carboxylic acids is 1. The van der Waals surface area contributed by atoms with Crippen molar-refractivity contribution in [2.75, 3.05) is 12.4 Å². The molecule has 0 heterocycles. The van der Waals surface area contributed by atoms with E-state index >= 15 is 0 Å². The number of esters is 1. The van der Waals surface area contributed by atoms with E-state index in [0.717, 1.165) is 15.7 Å². The smallest absolute Gasteiger partial charge is 0.338 e. The summed E-state index contributed by atoms with van der Waals surface area (Å²) in [5.41, 5.74) is 3.59. The highest BCUT2D eigenvalue weighted by atomic mass is 79.9. The second-order valence-corrected chi connectivity index (χ2v) is 5.81. The fraction of sp³-hybridized carbons (Fsp3) is 0.235. The Hall–Kier alpha value is -1.81. The quantitative estimate of drug-likeness (QED) is 0.813. The molecule has 0 saturated heterocycles. The minimum absolute atomic E-state index is 0.133. The van der Waals surface area contributed by atoms with Crippen LogP contribution in [0, 0.1) is 6.92 Å². The van der Waals surface area contributed by atoms with Crippen LogP contribution in [0.3, 0.4) is 0 Å². The molecule has 4 heteroatoms. The summed E-state index contributed by atoms with van der Waals surface area (Å²) in [5, 5.41) is 3.44. The van der Waals surface area contributed by atoms with Crippen molar-refractivity contribution in [3.8, 4) is 0 Å². The van der Waals surface area contributed by atoms with Crippen LogP contribution in [0.1, 0.15) is 34.5 Å². The molecule has 0 aliphatic heterocycles. The Kier molecular flexibility index (Phi) is 5.02. The van der Waals surface area contributed by atoms with Crippen LogP contribution < -0.4 is 5.32 Å². The SMILES string of the molecule is COC(=O)c1cccc(NC(C)c2cccc(Br)c2)c1C. The Balaban J connectivity index is 2.25. The van der Waals surface area contributed by atoms with Gasteiger partial charge >= 0.3 is 5.97 Å². The van der Waals surface area contributed by atoms with Crippen LogP contribution >= 0.6 is 15.9 Å².